The Hall–Kier alpha value is -2.49. The smallest absolute Gasteiger partial charge is 0.243 e. The molecule has 1 aliphatic rings. The van der Waals surface area contributed by atoms with Gasteiger partial charge < -0.3 is 10.1 Å². The molecule has 1 atom stereocenters. The minimum atomic E-state index is -3.61. The number of nitrogens with one attached hydrogen (secondary N) is 1. The van der Waals surface area contributed by atoms with Gasteiger partial charge in [-0.3, -0.25) is 9.69 Å². The standard InChI is InChI=1S/C22H28FN3O4S/c1-4-30-19-7-9-20(10-8-19)31(28,29)26-13-11-25(12-14-26)17(3)22(27)24-21-15-18(23)6-5-16(21)2/h5-10,15,17H,4,11-14H2,1-3H3,(H,24,27). The lowest BCUT2D eigenvalue weighted by Gasteiger charge is -2.36. The summed E-state index contributed by atoms with van der Waals surface area (Å²) in [4.78, 5) is 14.8. The van der Waals surface area contributed by atoms with E-state index in [1.807, 2.05) is 11.8 Å². The van der Waals surface area contributed by atoms with Crippen molar-refractivity contribution in [2.75, 3.05) is 38.1 Å². The van der Waals surface area contributed by atoms with Crippen LogP contribution in [0.5, 0.6) is 5.75 Å². The molecule has 1 amide bonds. The van der Waals surface area contributed by atoms with Crippen molar-refractivity contribution in [1.82, 2.24) is 9.21 Å². The van der Waals surface area contributed by atoms with Gasteiger partial charge in [-0.05, 0) is 62.7 Å². The topological polar surface area (TPSA) is 79.0 Å². The van der Waals surface area contributed by atoms with Gasteiger partial charge in [0.1, 0.15) is 11.6 Å². The molecule has 1 saturated heterocycles. The molecule has 1 aliphatic heterocycles. The lowest BCUT2D eigenvalue weighted by atomic mass is 10.1. The van der Waals surface area contributed by atoms with Crippen molar-refractivity contribution in [1.29, 1.82) is 0 Å². The van der Waals surface area contributed by atoms with Crippen LogP contribution in [0.15, 0.2) is 47.4 Å². The third kappa shape index (κ3) is 5.41. The van der Waals surface area contributed by atoms with Gasteiger partial charge in [0, 0.05) is 31.9 Å². The second-order valence-electron chi connectivity index (χ2n) is 7.47. The molecule has 7 nitrogen and oxygen atoms in total. The van der Waals surface area contributed by atoms with Gasteiger partial charge in [-0.25, -0.2) is 12.8 Å². The highest BCUT2D eigenvalue weighted by Gasteiger charge is 2.32. The van der Waals surface area contributed by atoms with Gasteiger partial charge in [0.2, 0.25) is 15.9 Å². The van der Waals surface area contributed by atoms with E-state index >= 15 is 0 Å². The van der Waals surface area contributed by atoms with Crippen LogP contribution in [0.4, 0.5) is 10.1 Å². The number of hydrogen-bond acceptors (Lipinski definition) is 5. The summed E-state index contributed by atoms with van der Waals surface area (Å²) in [5.41, 5.74) is 1.21. The fourth-order valence-corrected chi connectivity index (χ4v) is 4.91. The van der Waals surface area contributed by atoms with Gasteiger partial charge >= 0.3 is 0 Å². The van der Waals surface area contributed by atoms with E-state index in [2.05, 4.69) is 5.32 Å². The largest absolute Gasteiger partial charge is 0.494 e. The van der Waals surface area contributed by atoms with Crippen LogP contribution in [0.2, 0.25) is 0 Å². The number of carbonyl (C=O) groups excluding carboxylic acids is 1. The minimum Gasteiger partial charge on any atom is -0.494 e. The number of nitrogens with zero attached hydrogens (tertiary/aromatic N) is 2. The lowest BCUT2D eigenvalue weighted by molar-refractivity contribution is -0.121. The number of anilines is 1. The Bertz CT molecular complexity index is 1020. The monoisotopic (exact) mass is 449 g/mol. The van der Waals surface area contributed by atoms with Crippen molar-refractivity contribution < 1.29 is 22.3 Å². The van der Waals surface area contributed by atoms with E-state index < -0.39 is 21.9 Å². The number of carbonyl (C=O) groups is 1. The predicted molar refractivity (Wildman–Crippen MR) is 117 cm³/mol. The van der Waals surface area contributed by atoms with Gasteiger partial charge in [0.15, 0.2) is 0 Å². The van der Waals surface area contributed by atoms with Gasteiger partial charge in [0.25, 0.3) is 0 Å². The summed E-state index contributed by atoms with van der Waals surface area (Å²) in [5.74, 6) is -0.0437. The van der Waals surface area contributed by atoms with Crippen LogP contribution in [0.25, 0.3) is 0 Å². The maximum Gasteiger partial charge on any atom is 0.243 e. The zero-order valence-corrected chi connectivity index (χ0v) is 18.8. The summed E-state index contributed by atoms with van der Waals surface area (Å²) in [7, 11) is -3.61. The summed E-state index contributed by atoms with van der Waals surface area (Å²) in [5, 5.41) is 2.77. The third-order valence-corrected chi connectivity index (χ3v) is 7.34. The Morgan fingerprint density at radius 3 is 2.39 bits per heavy atom. The van der Waals surface area contributed by atoms with Gasteiger partial charge in [-0.1, -0.05) is 6.07 Å². The normalized spacial score (nSPS) is 16.6. The van der Waals surface area contributed by atoms with E-state index in [1.165, 1.54) is 16.4 Å². The Morgan fingerprint density at radius 2 is 1.77 bits per heavy atom. The summed E-state index contributed by atoms with van der Waals surface area (Å²) in [6.07, 6.45) is 0. The molecule has 1 unspecified atom stereocenters. The minimum absolute atomic E-state index is 0.219. The summed E-state index contributed by atoms with van der Waals surface area (Å²) < 4.78 is 46.1. The Balaban J connectivity index is 1.60. The van der Waals surface area contributed by atoms with E-state index in [0.29, 0.717) is 31.1 Å². The zero-order chi connectivity index (χ0) is 22.6. The molecule has 1 heterocycles. The molecule has 168 valence electrons. The quantitative estimate of drug-likeness (QED) is 0.703. The molecule has 0 radical (unpaired) electrons. The molecule has 0 bridgehead atoms. The maximum absolute atomic E-state index is 13.5. The van der Waals surface area contributed by atoms with Gasteiger partial charge in [0.05, 0.1) is 17.5 Å². The van der Waals surface area contributed by atoms with Crippen LogP contribution >= 0.6 is 0 Å². The van der Waals surface area contributed by atoms with Crippen LogP contribution in [0.1, 0.15) is 19.4 Å². The van der Waals surface area contributed by atoms with E-state index in [4.69, 9.17) is 4.74 Å². The van der Waals surface area contributed by atoms with Crippen molar-refractivity contribution >= 4 is 21.6 Å². The number of amides is 1. The van der Waals surface area contributed by atoms with Crippen LogP contribution in [0.3, 0.4) is 0 Å². The van der Waals surface area contributed by atoms with Gasteiger partial charge in [-0.2, -0.15) is 4.31 Å². The predicted octanol–water partition coefficient (Wildman–Crippen LogP) is 2.87. The molecule has 0 aromatic heterocycles. The molecular weight excluding hydrogens is 421 g/mol. The third-order valence-electron chi connectivity index (χ3n) is 5.43. The number of hydrogen-bond donors (Lipinski definition) is 1. The molecular formula is C22H28FN3O4S. The summed E-state index contributed by atoms with van der Waals surface area (Å²) in [6.45, 7) is 7.35. The first-order valence-corrected chi connectivity index (χ1v) is 11.7. The molecule has 3 rings (SSSR count). The van der Waals surface area contributed by atoms with Crippen LogP contribution in [-0.2, 0) is 14.8 Å². The molecule has 0 saturated carbocycles. The van der Waals surface area contributed by atoms with E-state index in [-0.39, 0.29) is 23.9 Å². The van der Waals surface area contributed by atoms with Crippen molar-refractivity contribution in [2.24, 2.45) is 0 Å². The number of aryl methyl sites for hydroxylation is 1. The fraction of sp³-hybridized carbons (Fsp3) is 0.409. The number of halogens is 1. The first-order valence-electron chi connectivity index (χ1n) is 10.3. The SMILES string of the molecule is CCOc1ccc(S(=O)(=O)N2CCN(C(C)C(=O)Nc3cc(F)ccc3C)CC2)cc1. The number of benzene rings is 2. The number of sulfonamides is 1. The average Bonchev–Trinajstić information content (AvgIpc) is 2.76. The lowest BCUT2D eigenvalue weighted by Crippen LogP contribution is -2.53. The van der Waals surface area contributed by atoms with Crippen LogP contribution < -0.4 is 10.1 Å². The van der Waals surface area contributed by atoms with E-state index in [0.717, 1.165) is 5.56 Å². The molecule has 2 aromatic rings. The maximum atomic E-state index is 13.5. The second-order valence-corrected chi connectivity index (χ2v) is 9.41. The number of ether oxygens (including phenoxy) is 1. The second kappa shape index (κ2) is 9.76. The van der Waals surface area contributed by atoms with E-state index in [1.54, 1.807) is 44.2 Å². The Kier molecular flexibility index (Phi) is 7.30. The number of rotatable bonds is 7. The first-order chi connectivity index (χ1) is 14.7. The van der Waals surface area contributed by atoms with Crippen LogP contribution in [-0.4, -0.2) is 62.4 Å². The number of piperazine rings is 1. The van der Waals surface area contributed by atoms with Gasteiger partial charge in [-0.15, -0.1) is 0 Å². The summed E-state index contributed by atoms with van der Waals surface area (Å²) >= 11 is 0. The first kappa shape index (κ1) is 23.2. The molecule has 0 spiro atoms. The molecule has 9 heteroatoms. The molecule has 0 aliphatic carbocycles. The van der Waals surface area contributed by atoms with E-state index in [9.17, 15) is 17.6 Å². The molecule has 2 aromatic carbocycles. The average molecular weight is 450 g/mol. The van der Waals surface area contributed by atoms with Crippen molar-refractivity contribution in [3.63, 3.8) is 0 Å². The fourth-order valence-electron chi connectivity index (χ4n) is 3.49. The molecule has 31 heavy (non-hydrogen) atoms. The Labute approximate surface area is 182 Å². The van der Waals surface area contributed by atoms with Crippen LogP contribution in [0, 0.1) is 12.7 Å². The van der Waals surface area contributed by atoms with Crippen molar-refractivity contribution in [3.8, 4) is 5.75 Å². The van der Waals surface area contributed by atoms with Crippen molar-refractivity contribution in [2.45, 2.75) is 31.7 Å². The zero-order valence-electron chi connectivity index (χ0n) is 18.0. The Morgan fingerprint density at radius 1 is 1.13 bits per heavy atom. The highest BCUT2D eigenvalue weighted by molar-refractivity contribution is 7.89. The molecule has 1 N–H and O–H groups in total. The molecule has 1 fully saturated rings. The summed E-state index contributed by atoms with van der Waals surface area (Å²) in [6, 6.07) is 10.2. The highest BCUT2D eigenvalue weighted by Crippen LogP contribution is 2.22. The van der Waals surface area contributed by atoms with Crippen molar-refractivity contribution in [3.05, 3.63) is 53.8 Å². The highest BCUT2D eigenvalue weighted by atomic mass is 32.2.